The topological polar surface area (TPSA) is 85.1 Å². The molecule has 1 atom stereocenters. The molecule has 3 rings (SSSR count). The van der Waals surface area contributed by atoms with Crippen LogP contribution in [0.4, 0.5) is 5.69 Å². The van der Waals surface area contributed by atoms with E-state index >= 15 is 0 Å². The average Bonchev–Trinajstić information content (AvgIpc) is 2.83. The van der Waals surface area contributed by atoms with Crippen LogP contribution in [0.1, 0.15) is 16.4 Å². The van der Waals surface area contributed by atoms with Crippen molar-refractivity contribution in [3.05, 3.63) is 56.6 Å². The Bertz CT molecular complexity index is 760. The lowest BCUT2D eigenvalue weighted by Crippen LogP contribution is -2.20. The number of nitrogens with two attached hydrogens (primary N) is 2. The van der Waals surface area contributed by atoms with Gasteiger partial charge in [0.15, 0.2) is 0 Å². The third kappa shape index (κ3) is 1.99. The molecule has 20 heavy (non-hydrogen) atoms. The molecule has 0 spiro atoms. The molecule has 1 aliphatic heterocycles. The number of fused-ring (bicyclic) bond motifs is 1. The van der Waals surface area contributed by atoms with Crippen LogP contribution in [0.5, 0.6) is 5.75 Å². The predicted molar refractivity (Wildman–Crippen MR) is 79.5 cm³/mol. The van der Waals surface area contributed by atoms with Crippen molar-refractivity contribution in [3.8, 4) is 11.8 Å². The van der Waals surface area contributed by atoms with E-state index in [1.807, 2.05) is 12.1 Å². The van der Waals surface area contributed by atoms with Crippen molar-refractivity contribution >= 4 is 28.6 Å². The molecule has 0 bridgehead atoms. The summed E-state index contributed by atoms with van der Waals surface area (Å²) in [4.78, 5) is 0.948. The highest BCUT2D eigenvalue weighted by molar-refractivity contribution is 7.16. The van der Waals surface area contributed by atoms with E-state index in [-0.39, 0.29) is 11.8 Å². The number of nitrogens with zero attached hydrogens (tertiary/aromatic N) is 1. The molecule has 4 N–H and O–H groups in total. The summed E-state index contributed by atoms with van der Waals surface area (Å²) in [6, 6.07) is 11.2. The first kappa shape index (κ1) is 12.9. The van der Waals surface area contributed by atoms with Crippen molar-refractivity contribution in [3.63, 3.8) is 0 Å². The molecule has 1 aliphatic rings. The van der Waals surface area contributed by atoms with Gasteiger partial charge in [0.1, 0.15) is 17.4 Å². The Morgan fingerprint density at radius 1 is 1.25 bits per heavy atom. The van der Waals surface area contributed by atoms with E-state index in [0.29, 0.717) is 21.3 Å². The number of ether oxygens (including phenoxy) is 1. The summed E-state index contributed by atoms with van der Waals surface area (Å²) < 4.78 is 6.17. The van der Waals surface area contributed by atoms with E-state index in [9.17, 15) is 5.26 Å². The van der Waals surface area contributed by atoms with Crippen molar-refractivity contribution in [2.24, 2.45) is 5.73 Å². The van der Waals surface area contributed by atoms with Crippen LogP contribution in [0.15, 0.2) is 41.8 Å². The van der Waals surface area contributed by atoms with E-state index in [1.54, 1.807) is 18.2 Å². The molecule has 1 aromatic heterocycles. The minimum absolute atomic E-state index is 0.111. The molecule has 0 saturated heterocycles. The molecule has 2 aromatic rings. The van der Waals surface area contributed by atoms with Crippen LogP contribution in [-0.2, 0) is 0 Å². The number of benzene rings is 1. The molecule has 2 heterocycles. The van der Waals surface area contributed by atoms with E-state index in [2.05, 4.69) is 6.07 Å². The summed E-state index contributed by atoms with van der Waals surface area (Å²) in [6.07, 6.45) is 0. The molecule has 1 aromatic carbocycles. The Balaban J connectivity index is 2.22. The zero-order valence-corrected chi connectivity index (χ0v) is 11.8. The highest BCUT2D eigenvalue weighted by Gasteiger charge is 2.31. The fraction of sp³-hybridized carbons (Fsp3) is 0.0714. The summed E-state index contributed by atoms with van der Waals surface area (Å²) in [6.45, 7) is 0. The van der Waals surface area contributed by atoms with Gasteiger partial charge in [-0.1, -0.05) is 17.7 Å². The SMILES string of the molecule is N#CC1=C(N)Oc2cc(N)ccc2[C@H]1c1ccc(Cl)s1. The quantitative estimate of drug-likeness (QED) is 0.792. The van der Waals surface area contributed by atoms with Gasteiger partial charge < -0.3 is 16.2 Å². The van der Waals surface area contributed by atoms with E-state index in [4.69, 9.17) is 27.8 Å². The molecule has 0 amide bonds. The normalized spacial score (nSPS) is 17.3. The molecular formula is C14H10ClN3OS. The monoisotopic (exact) mass is 303 g/mol. The summed E-state index contributed by atoms with van der Waals surface area (Å²) in [5.74, 6) is 0.429. The summed E-state index contributed by atoms with van der Waals surface area (Å²) in [7, 11) is 0. The molecule has 6 heteroatoms. The number of nitrogen functional groups attached to an aromatic ring is 1. The fourth-order valence-electron chi connectivity index (χ4n) is 2.25. The smallest absolute Gasteiger partial charge is 0.205 e. The fourth-order valence-corrected chi connectivity index (χ4v) is 3.44. The molecule has 0 radical (unpaired) electrons. The standard InChI is InChI=1S/C14H10ClN3OS/c15-12-4-3-11(20-12)13-8-2-1-7(17)5-10(8)19-14(18)9(13)6-16/h1-5,13H,17-18H2/t13-/m1/s1. The summed E-state index contributed by atoms with van der Waals surface area (Å²) >= 11 is 7.42. The van der Waals surface area contributed by atoms with Gasteiger partial charge in [-0.25, -0.2) is 0 Å². The van der Waals surface area contributed by atoms with Gasteiger partial charge in [-0.15, -0.1) is 11.3 Å². The zero-order valence-electron chi connectivity index (χ0n) is 10.3. The van der Waals surface area contributed by atoms with Gasteiger partial charge in [-0.05, 0) is 18.2 Å². The number of nitriles is 1. The van der Waals surface area contributed by atoms with Crippen LogP contribution < -0.4 is 16.2 Å². The minimum atomic E-state index is -0.262. The van der Waals surface area contributed by atoms with E-state index < -0.39 is 0 Å². The zero-order chi connectivity index (χ0) is 14.3. The van der Waals surface area contributed by atoms with Gasteiger partial charge in [-0.2, -0.15) is 5.26 Å². The van der Waals surface area contributed by atoms with Crippen LogP contribution >= 0.6 is 22.9 Å². The van der Waals surface area contributed by atoms with E-state index in [0.717, 1.165) is 10.4 Å². The largest absolute Gasteiger partial charge is 0.440 e. The predicted octanol–water partition coefficient (Wildman–Crippen LogP) is 3.20. The molecule has 0 saturated carbocycles. The Labute approximate surface area is 124 Å². The minimum Gasteiger partial charge on any atom is -0.440 e. The first-order chi connectivity index (χ1) is 9.60. The second-order valence-electron chi connectivity index (χ2n) is 4.36. The molecule has 0 unspecified atom stereocenters. The second kappa shape index (κ2) is 4.75. The van der Waals surface area contributed by atoms with Crippen molar-refractivity contribution in [2.45, 2.75) is 5.92 Å². The Morgan fingerprint density at radius 2 is 2.05 bits per heavy atom. The van der Waals surface area contributed by atoms with Crippen LogP contribution in [0, 0.1) is 11.3 Å². The molecule has 4 nitrogen and oxygen atoms in total. The third-order valence-electron chi connectivity index (χ3n) is 3.12. The molecule has 0 fully saturated rings. The van der Waals surface area contributed by atoms with Crippen molar-refractivity contribution in [1.29, 1.82) is 5.26 Å². The van der Waals surface area contributed by atoms with Gasteiger partial charge in [0.05, 0.1) is 10.3 Å². The maximum absolute atomic E-state index is 9.36. The molecular weight excluding hydrogens is 294 g/mol. The number of hydrogen-bond donors (Lipinski definition) is 2. The van der Waals surface area contributed by atoms with Crippen LogP contribution in [-0.4, -0.2) is 0 Å². The first-order valence-corrected chi connectivity index (χ1v) is 7.02. The Kier molecular flexibility index (Phi) is 3.05. The highest BCUT2D eigenvalue weighted by atomic mass is 35.5. The lowest BCUT2D eigenvalue weighted by atomic mass is 9.88. The van der Waals surface area contributed by atoms with Gasteiger partial charge >= 0.3 is 0 Å². The molecule has 0 aliphatic carbocycles. The lowest BCUT2D eigenvalue weighted by Gasteiger charge is -2.25. The first-order valence-electron chi connectivity index (χ1n) is 5.82. The maximum atomic E-state index is 9.36. The number of rotatable bonds is 1. The van der Waals surface area contributed by atoms with Crippen LogP contribution in [0.2, 0.25) is 4.34 Å². The summed E-state index contributed by atoms with van der Waals surface area (Å²) in [5.41, 5.74) is 13.5. The van der Waals surface area contributed by atoms with Gasteiger partial charge in [-0.3, -0.25) is 0 Å². The number of anilines is 1. The number of allylic oxidation sites excluding steroid dienone is 1. The maximum Gasteiger partial charge on any atom is 0.205 e. The average molecular weight is 304 g/mol. The van der Waals surface area contributed by atoms with Crippen molar-refractivity contribution in [1.82, 2.24) is 0 Å². The number of halogens is 1. The van der Waals surface area contributed by atoms with Crippen LogP contribution in [0.3, 0.4) is 0 Å². The van der Waals surface area contributed by atoms with Crippen molar-refractivity contribution < 1.29 is 4.74 Å². The third-order valence-corrected chi connectivity index (χ3v) is 4.42. The number of hydrogen-bond acceptors (Lipinski definition) is 5. The Hall–Kier alpha value is -2.16. The summed E-state index contributed by atoms with van der Waals surface area (Å²) in [5, 5.41) is 9.36. The van der Waals surface area contributed by atoms with Gasteiger partial charge in [0, 0.05) is 22.2 Å². The lowest BCUT2D eigenvalue weighted by molar-refractivity contribution is 0.394. The number of thiophene rings is 1. The Morgan fingerprint density at radius 3 is 2.70 bits per heavy atom. The van der Waals surface area contributed by atoms with Gasteiger partial charge in [0.25, 0.3) is 0 Å². The highest BCUT2D eigenvalue weighted by Crippen LogP contribution is 2.45. The van der Waals surface area contributed by atoms with Crippen LogP contribution in [0.25, 0.3) is 0 Å². The van der Waals surface area contributed by atoms with E-state index in [1.165, 1.54) is 11.3 Å². The van der Waals surface area contributed by atoms with Crippen molar-refractivity contribution in [2.75, 3.05) is 5.73 Å². The van der Waals surface area contributed by atoms with Gasteiger partial charge in [0.2, 0.25) is 5.88 Å². The molecule has 100 valence electrons. The second-order valence-corrected chi connectivity index (χ2v) is 6.11.